The Morgan fingerprint density at radius 2 is 1.86 bits per heavy atom. The van der Waals surface area contributed by atoms with Crippen LogP contribution in [-0.4, -0.2) is 70.7 Å². The number of nitrogens with one attached hydrogen (secondary N) is 4. The summed E-state index contributed by atoms with van der Waals surface area (Å²) in [6.45, 7) is 5.54. The van der Waals surface area contributed by atoms with Gasteiger partial charge in [-0.15, -0.1) is 0 Å². The molecule has 0 aromatic carbocycles. The number of allylic oxidation sites excluding steroid dienone is 3. The van der Waals surface area contributed by atoms with E-state index in [0.717, 1.165) is 12.8 Å². The first kappa shape index (κ1) is 32.3. The number of carbonyl (C=O) groups excluding carboxylic acids is 4. The van der Waals surface area contributed by atoms with E-state index in [1.54, 1.807) is 19.1 Å². The Morgan fingerprint density at radius 3 is 2.57 bits per heavy atom. The molecule has 0 bridgehead atoms. The highest BCUT2D eigenvalue weighted by Gasteiger charge is 2.31. The topological polar surface area (TPSA) is 157 Å². The van der Waals surface area contributed by atoms with Gasteiger partial charge in [0.05, 0.1) is 12.2 Å². The van der Waals surface area contributed by atoms with Crippen molar-refractivity contribution in [2.45, 2.75) is 115 Å². The molecule has 0 radical (unpaired) electrons. The molecule has 37 heavy (non-hydrogen) atoms. The maximum absolute atomic E-state index is 12.9. The molecule has 1 rings (SSSR count). The molecule has 1 fully saturated rings. The molecule has 1 aliphatic heterocycles. The van der Waals surface area contributed by atoms with Crippen LogP contribution in [0.3, 0.4) is 0 Å². The Morgan fingerprint density at radius 1 is 1.14 bits per heavy atom. The normalized spacial score (nSPS) is 23.4. The molecule has 0 aromatic heterocycles. The van der Waals surface area contributed by atoms with Crippen molar-refractivity contribution in [1.29, 1.82) is 0 Å². The average Bonchev–Trinajstić information content (AvgIpc) is 2.83. The highest BCUT2D eigenvalue weighted by Crippen LogP contribution is 2.08. The number of aliphatic hydroxyl groups is 2. The van der Waals surface area contributed by atoms with Gasteiger partial charge < -0.3 is 31.5 Å². The van der Waals surface area contributed by atoms with Crippen LogP contribution in [0.25, 0.3) is 0 Å². The largest absolute Gasteiger partial charge is 0.393 e. The van der Waals surface area contributed by atoms with Gasteiger partial charge in [-0.2, -0.15) is 0 Å². The number of rotatable bonds is 12. The lowest BCUT2D eigenvalue weighted by Crippen LogP contribution is -2.58. The molecule has 210 valence electrons. The molecule has 6 N–H and O–H groups in total. The fraction of sp³-hybridized carbons (Fsp3) is 0.704. The summed E-state index contributed by atoms with van der Waals surface area (Å²) in [6.07, 6.45) is 12.1. The third kappa shape index (κ3) is 14.6. The van der Waals surface area contributed by atoms with Gasteiger partial charge in [0, 0.05) is 31.5 Å². The third-order valence-corrected chi connectivity index (χ3v) is 6.17. The van der Waals surface area contributed by atoms with Crippen LogP contribution in [-0.2, 0) is 19.2 Å². The molecule has 0 unspecified atom stereocenters. The van der Waals surface area contributed by atoms with Gasteiger partial charge in [-0.25, -0.2) is 0 Å². The Hall–Kier alpha value is -2.72. The van der Waals surface area contributed by atoms with Crippen LogP contribution in [0.1, 0.15) is 85.0 Å². The van der Waals surface area contributed by atoms with Crippen molar-refractivity contribution in [3.8, 4) is 0 Å². The van der Waals surface area contributed by atoms with E-state index < -0.39 is 42.0 Å². The van der Waals surface area contributed by atoms with Crippen molar-refractivity contribution >= 4 is 23.6 Å². The number of hydrogen-bond donors (Lipinski definition) is 6. The standard InChI is InChI=1S/C27H46N4O6/c1-4-5-6-7-8-9-10-11-12-13-24(35)31-25(20(3)32)27(37)30-22-18-21(33)16-17-28-23(34)15-14-19(2)29-26(22)36/h10-13,19-22,25,32-33H,4-9,14-18H2,1-3H3,(H,28,34)(H,29,36)(H,30,37)(H,31,35)/b11-10+,13-12+/t19-,20+,21-,22-,25-/m0/s1. The van der Waals surface area contributed by atoms with Crippen LogP contribution >= 0.6 is 0 Å². The van der Waals surface area contributed by atoms with E-state index in [0.29, 0.717) is 6.42 Å². The molecule has 10 nitrogen and oxygen atoms in total. The molecule has 0 aliphatic carbocycles. The molecule has 0 aromatic rings. The van der Waals surface area contributed by atoms with Crippen molar-refractivity contribution in [2.24, 2.45) is 0 Å². The van der Waals surface area contributed by atoms with Crippen molar-refractivity contribution in [2.75, 3.05) is 6.54 Å². The van der Waals surface area contributed by atoms with Gasteiger partial charge >= 0.3 is 0 Å². The number of hydrogen-bond acceptors (Lipinski definition) is 6. The first-order chi connectivity index (χ1) is 17.6. The van der Waals surface area contributed by atoms with Gasteiger partial charge in [-0.1, -0.05) is 50.8 Å². The van der Waals surface area contributed by atoms with E-state index in [2.05, 4.69) is 28.2 Å². The second-order valence-corrected chi connectivity index (χ2v) is 9.75. The first-order valence-electron chi connectivity index (χ1n) is 13.5. The van der Waals surface area contributed by atoms with E-state index in [1.807, 2.05) is 6.08 Å². The number of amides is 4. The zero-order valence-electron chi connectivity index (χ0n) is 22.5. The molecule has 0 saturated carbocycles. The quantitative estimate of drug-likeness (QED) is 0.129. The van der Waals surface area contributed by atoms with Crippen molar-refractivity contribution in [3.05, 3.63) is 24.3 Å². The predicted octanol–water partition coefficient (Wildman–Crippen LogP) is 1.37. The molecule has 4 amide bonds. The number of unbranched alkanes of at least 4 members (excludes halogenated alkanes) is 5. The van der Waals surface area contributed by atoms with Gasteiger partial charge in [-0.3, -0.25) is 19.2 Å². The Labute approximate surface area is 220 Å². The molecule has 1 heterocycles. The molecular formula is C27H46N4O6. The van der Waals surface area contributed by atoms with Crippen LogP contribution in [0.5, 0.6) is 0 Å². The molecule has 10 heteroatoms. The average molecular weight is 523 g/mol. The SMILES string of the molecule is CCCCCCC/C=C/C=C/C(=O)N[C@H](C(=O)N[C@H]1C[C@@H](O)CCNC(=O)CC[C@H](C)NC1=O)[C@@H](C)O. The summed E-state index contributed by atoms with van der Waals surface area (Å²) in [7, 11) is 0. The van der Waals surface area contributed by atoms with E-state index in [-0.39, 0.29) is 37.8 Å². The minimum absolute atomic E-state index is 0.0796. The summed E-state index contributed by atoms with van der Waals surface area (Å²) in [5.41, 5.74) is 0. The highest BCUT2D eigenvalue weighted by molar-refractivity contribution is 5.95. The smallest absolute Gasteiger partial charge is 0.245 e. The van der Waals surface area contributed by atoms with Crippen LogP contribution in [0.15, 0.2) is 24.3 Å². The van der Waals surface area contributed by atoms with Crippen LogP contribution in [0.4, 0.5) is 0 Å². The zero-order valence-corrected chi connectivity index (χ0v) is 22.5. The molecule has 5 atom stereocenters. The van der Waals surface area contributed by atoms with E-state index in [9.17, 15) is 29.4 Å². The van der Waals surface area contributed by atoms with E-state index >= 15 is 0 Å². The summed E-state index contributed by atoms with van der Waals surface area (Å²) in [4.78, 5) is 49.9. The van der Waals surface area contributed by atoms with Gasteiger partial charge in [-0.05, 0) is 39.5 Å². The van der Waals surface area contributed by atoms with E-state index in [1.165, 1.54) is 38.7 Å². The molecular weight excluding hydrogens is 476 g/mol. The summed E-state index contributed by atoms with van der Waals surface area (Å²) >= 11 is 0. The summed E-state index contributed by atoms with van der Waals surface area (Å²) < 4.78 is 0. The van der Waals surface area contributed by atoms with Gasteiger partial charge in [0.1, 0.15) is 12.1 Å². The molecule has 0 spiro atoms. The molecule has 1 aliphatic rings. The summed E-state index contributed by atoms with van der Waals surface area (Å²) in [5, 5.41) is 31.0. The zero-order chi connectivity index (χ0) is 27.6. The van der Waals surface area contributed by atoms with Gasteiger partial charge in [0.25, 0.3) is 0 Å². The van der Waals surface area contributed by atoms with Crippen LogP contribution < -0.4 is 21.3 Å². The summed E-state index contributed by atoms with van der Waals surface area (Å²) in [5.74, 6) is -1.95. The van der Waals surface area contributed by atoms with Gasteiger partial charge in [0.15, 0.2) is 0 Å². The third-order valence-electron chi connectivity index (χ3n) is 6.17. The van der Waals surface area contributed by atoms with Crippen molar-refractivity contribution in [3.63, 3.8) is 0 Å². The predicted molar refractivity (Wildman–Crippen MR) is 142 cm³/mol. The second-order valence-electron chi connectivity index (χ2n) is 9.75. The highest BCUT2D eigenvalue weighted by atomic mass is 16.3. The Bertz CT molecular complexity index is 783. The van der Waals surface area contributed by atoms with Crippen LogP contribution in [0.2, 0.25) is 0 Å². The lowest BCUT2D eigenvalue weighted by atomic mass is 10.0. The van der Waals surface area contributed by atoms with Gasteiger partial charge in [0.2, 0.25) is 23.6 Å². The molecule has 1 saturated heterocycles. The fourth-order valence-electron chi connectivity index (χ4n) is 3.90. The van der Waals surface area contributed by atoms with Crippen LogP contribution in [0, 0.1) is 0 Å². The number of aliphatic hydroxyl groups excluding tert-OH is 2. The van der Waals surface area contributed by atoms with Crippen molar-refractivity contribution < 1.29 is 29.4 Å². The Kier molecular flexibility index (Phi) is 16.2. The Balaban J connectivity index is 2.70. The maximum atomic E-state index is 12.9. The maximum Gasteiger partial charge on any atom is 0.245 e. The lowest BCUT2D eigenvalue weighted by Gasteiger charge is -2.27. The number of carbonyl (C=O) groups is 4. The van der Waals surface area contributed by atoms with E-state index in [4.69, 9.17) is 0 Å². The second kappa shape index (κ2) is 18.5. The van der Waals surface area contributed by atoms with Crippen molar-refractivity contribution in [1.82, 2.24) is 21.3 Å². The summed E-state index contributed by atoms with van der Waals surface area (Å²) in [6, 6.07) is -2.69. The minimum atomic E-state index is -1.29. The monoisotopic (exact) mass is 522 g/mol. The lowest BCUT2D eigenvalue weighted by molar-refractivity contribution is -0.134. The fourth-order valence-corrected chi connectivity index (χ4v) is 3.90. The first-order valence-corrected chi connectivity index (χ1v) is 13.5. The minimum Gasteiger partial charge on any atom is -0.393 e.